The first-order valence-corrected chi connectivity index (χ1v) is 8.55. The van der Waals surface area contributed by atoms with Crippen LogP contribution in [0.15, 0.2) is 12.1 Å². The summed E-state index contributed by atoms with van der Waals surface area (Å²) < 4.78 is 13.8. The van der Waals surface area contributed by atoms with Crippen molar-refractivity contribution in [2.75, 3.05) is 0 Å². The molecule has 3 rings (SSSR count). The Morgan fingerprint density at radius 1 is 0.857 bits per heavy atom. The van der Waals surface area contributed by atoms with Gasteiger partial charge >= 0.3 is 0 Å². The van der Waals surface area contributed by atoms with Crippen LogP contribution in [0.3, 0.4) is 0 Å². The first-order valence-electron chi connectivity index (χ1n) is 8.55. The van der Waals surface area contributed by atoms with Crippen molar-refractivity contribution in [2.24, 2.45) is 0 Å². The number of rotatable bonds is 0. The third-order valence-corrected chi connectivity index (χ3v) is 4.87. The van der Waals surface area contributed by atoms with Gasteiger partial charge in [0.2, 0.25) is 0 Å². The van der Waals surface area contributed by atoms with E-state index >= 15 is 0 Å². The van der Waals surface area contributed by atoms with Crippen LogP contribution in [0.4, 0.5) is 4.39 Å². The van der Waals surface area contributed by atoms with Crippen molar-refractivity contribution in [3.05, 3.63) is 34.8 Å². The van der Waals surface area contributed by atoms with Crippen molar-refractivity contribution in [3.8, 4) is 0 Å². The highest BCUT2D eigenvalue weighted by Crippen LogP contribution is 2.29. The topological polar surface area (TPSA) is 15.8 Å². The highest BCUT2D eigenvalue weighted by atomic mass is 19.1. The predicted octanol–water partition coefficient (Wildman–Crippen LogP) is 5.83. The highest BCUT2D eigenvalue weighted by Gasteiger charge is 2.14. The van der Waals surface area contributed by atoms with Gasteiger partial charge < -0.3 is 4.98 Å². The molecule has 0 saturated carbocycles. The Kier molecular flexibility index (Phi) is 4.62. The second kappa shape index (κ2) is 6.64. The molecule has 1 aliphatic carbocycles. The molecule has 21 heavy (non-hydrogen) atoms. The minimum Gasteiger partial charge on any atom is -0.358 e. The van der Waals surface area contributed by atoms with Crippen LogP contribution >= 0.6 is 0 Å². The molecule has 1 aromatic heterocycles. The molecule has 0 radical (unpaired) electrons. The Balaban J connectivity index is 1.96. The molecule has 0 atom stereocenters. The van der Waals surface area contributed by atoms with Crippen LogP contribution in [0.25, 0.3) is 10.9 Å². The normalized spacial score (nSPS) is 18.0. The number of aryl methyl sites for hydroxylation is 3. The molecule has 1 N–H and O–H groups in total. The highest BCUT2D eigenvalue weighted by molar-refractivity contribution is 5.87. The van der Waals surface area contributed by atoms with Crippen LogP contribution in [-0.4, -0.2) is 4.98 Å². The zero-order chi connectivity index (χ0) is 14.7. The summed E-state index contributed by atoms with van der Waals surface area (Å²) in [5.74, 6) is -0.104. The summed E-state index contributed by atoms with van der Waals surface area (Å²) >= 11 is 0. The van der Waals surface area contributed by atoms with Gasteiger partial charge in [0.15, 0.2) is 0 Å². The zero-order valence-electron chi connectivity index (χ0n) is 13.1. The fourth-order valence-corrected chi connectivity index (χ4v) is 3.70. The lowest BCUT2D eigenvalue weighted by Gasteiger charge is -2.08. The third-order valence-electron chi connectivity index (χ3n) is 4.87. The molecule has 1 aliphatic rings. The molecule has 114 valence electrons. The van der Waals surface area contributed by atoms with Crippen LogP contribution in [0.2, 0.25) is 0 Å². The van der Waals surface area contributed by atoms with E-state index in [1.54, 1.807) is 12.1 Å². The summed E-state index contributed by atoms with van der Waals surface area (Å²) in [6, 6.07) is 3.37. The maximum Gasteiger partial charge on any atom is 0.124 e. The molecule has 1 aromatic carbocycles. The smallest absolute Gasteiger partial charge is 0.124 e. The van der Waals surface area contributed by atoms with Gasteiger partial charge in [-0.05, 0) is 55.9 Å². The minimum absolute atomic E-state index is 0.104. The molecule has 1 heterocycles. The number of aromatic amines is 1. The predicted molar refractivity (Wildman–Crippen MR) is 87.3 cm³/mol. The molecule has 0 unspecified atom stereocenters. The number of benzene rings is 1. The SMILES string of the molecule is Cc1cc(F)cc2c3c([nH]c12)CCCCCCCCCC3. The van der Waals surface area contributed by atoms with Gasteiger partial charge in [-0.25, -0.2) is 4.39 Å². The van der Waals surface area contributed by atoms with E-state index in [-0.39, 0.29) is 5.82 Å². The second-order valence-electron chi connectivity index (χ2n) is 6.56. The maximum absolute atomic E-state index is 13.8. The standard InChI is InChI=1S/C19H26FN/c1-14-12-15(20)13-17-16-10-8-6-4-2-3-5-7-9-11-18(16)21-19(14)17/h12-13,21H,2-11H2,1H3. The minimum atomic E-state index is -0.104. The van der Waals surface area contributed by atoms with Crippen molar-refractivity contribution < 1.29 is 4.39 Å². The van der Waals surface area contributed by atoms with Gasteiger partial charge in [0.25, 0.3) is 0 Å². The largest absolute Gasteiger partial charge is 0.358 e. The number of hydrogen-bond donors (Lipinski definition) is 1. The lowest BCUT2D eigenvalue weighted by molar-refractivity contribution is 0.559. The number of nitrogens with one attached hydrogen (secondary N) is 1. The van der Waals surface area contributed by atoms with E-state index in [1.807, 2.05) is 6.92 Å². The second-order valence-corrected chi connectivity index (χ2v) is 6.56. The van der Waals surface area contributed by atoms with Crippen molar-refractivity contribution in [1.82, 2.24) is 4.98 Å². The van der Waals surface area contributed by atoms with Crippen molar-refractivity contribution in [2.45, 2.75) is 71.1 Å². The van der Waals surface area contributed by atoms with Crippen LogP contribution in [0, 0.1) is 12.7 Å². The van der Waals surface area contributed by atoms with Gasteiger partial charge in [0, 0.05) is 16.6 Å². The Morgan fingerprint density at radius 2 is 1.48 bits per heavy atom. The monoisotopic (exact) mass is 287 g/mol. The van der Waals surface area contributed by atoms with Crippen LogP contribution in [0.1, 0.15) is 68.2 Å². The Morgan fingerprint density at radius 3 is 2.19 bits per heavy atom. The molecule has 0 aliphatic heterocycles. The molecule has 2 aromatic rings. The van der Waals surface area contributed by atoms with Gasteiger partial charge in [0.1, 0.15) is 5.82 Å². The number of hydrogen-bond acceptors (Lipinski definition) is 0. The van der Waals surface area contributed by atoms with Gasteiger partial charge in [-0.15, -0.1) is 0 Å². The lowest BCUT2D eigenvalue weighted by atomic mass is 9.97. The average Bonchev–Trinajstić information content (AvgIpc) is 2.77. The Bertz CT molecular complexity index is 612. The van der Waals surface area contributed by atoms with E-state index in [0.717, 1.165) is 29.3 Å². The van der Waals surface area contributed by atoms with E-state index in [1.165, 1.54) is 62.6 Å². The molecule has 1 nitrogen and oxygen atoms in total. The van der Waals surface area contributed by atoms with Crippen LogP contribution in [0.5, 0.6) is 0 Å². The van der Waals surface area contributed by atoms with E-state index in [2.05, 4.69) is 4.98 Å². The van der Waals surface area contributed by atoms with Gasteiger partial charge in [-0.1, -0.05) is 38.5 Å². The van der Waals surface area contributed by atoms with Gasteiger partial charge in [0.05, 0.1) is 0 Å². The number of aromatic nitrogens is 1. The molecule has 0 bridgehead atoms. The lowest BCUT2D eigenvalue weighted by Crippen LogP contribution is -1.95. The fraction of sp³-hybridized carbons (Fsp3) is 0.579. The van der Waals surface area contributed by atoms with Gasteiger partial charge in [-0.3, -0.25) is 0 Å². The molecular formula is C19H26FN. The quantitative estimate of drug-likeness (QED) is 0.627. The first kappa shape index (κ1) is 14.6. The molecule has 2 heteroatoms. The van der Waals surface area contributed by atoms with Crippen molar-refractivity contribution in [1.29, 1.82) is 0 Å². The summed E-state index contributed by atoms with van der Waals surface area (Å²) in [7, 11) is 0. The summed E-state index contributed by atoms with van der Waals surface area (Å²) in [4.78, 5) is 3.60. The summed E-state index contributed by atoms with van der Waals surface area (Å²) in [5.41, 5.74) is 4.92. The summed E-state index contributed by atoms with van der Waals surface area (Å²) in [6.45, 7) is 2.00. The molecule has 0 saturated heterocycles. The molecule has 0 spiro atoms. The van der Waals surface area contributed by atoms with E-state index in [9.17, 15) is 4.39 Å². The van der Waals surface area contributed by atoms with Crippen LogP contribution in [-0.2, 0) is 12.8 Å². The fourth-order valence-electron chi connectivity index (χ4n) is 3.70. The molecule has 0 amide bonds. The first-order chi connectivity index (χ1) is 10.3. The summed E-state index contributed by atoms with van der Waals surface area (Å²) in [5, 5.41) is 1.12. The van der Waals surface area contributed by atoms with E-state index in [0.29, 0.717) is 0 Å². The summed E-state index contributed by atoms with van der Waals surface area (Å²) in [6.07, 6.45) is 12.8. The Labute approximate surface area is 126 Å². The maximum atomic E-state index is 13.8. The molecular weight excluding hydrogens is 261 g/mol. The van der Waals surface area contributed by atoms with Gasteiger partial charge in [-0.2, -0.15) is 0 Å². The number of fused-ring (bicyclic) bond motifs is 3. The third kappa shape index (κ3) is 3.30. The number of halogens is 1. The van der Waals surface area contributed by atoms with E-state index < -0.39 is 0 Å². The zero-order valence-corrected chi connectivity index (χ0v) is 13.1. The van der Waals surface area contributed by atoms with E-state index in [4.69, 9.17) is 0 Å². The average molecular weight is 287 g/mol. The number of H-pyrrole nitrogens is 1. The van der Waals surface area contributed by atoms with Crippen molar-refractivity contribution >= 4 is 10.9 Å². The van der Waals surface area contributed by atoms with Crippen molar-refractivity contribution in [3.63, 3.8) is 0 Å². The van der Waals surface area contributed by atoms with Crippen LogP contribution < -0.4 is 0 Å². The Hall–Kier alpha value is -1.31. The molecule has 0 fully saturated rings.